The molecule has 0 saturated carbocycles. The fourth-order valence-electron chi connectivity index (χ4n) is 2.61. The van der Waals surface area contributed by atoms with Crippen LogP contribution in [0.25, 0.3) is 12.2 Å². The average molecular weight is 628 g/mol. The molecular formula is C19H23N3Na2O10S4. The number of benzene rings is 2. The van der Waals surface area contributed by atoms with E-state index in [1.165, 1.54) is 40.1 Å². The molecule has 0 aliphatic rings. The molecule has 0 fully saturated rings. The monoisotopic (exact) mass is 627 g/mol. The topological polar surface area (TPSA) is 210 Å². The van der Waals surface area contributed by atoms with Crippen LogP contribution in [0, 0.1) is 0 Å². The van der Waals surface area contributed by atoms with Crippen molar-refractivity contribution in [3.63, 3.8) is 0 Å². The first kappa shape index (κ1) is 37.5. The molecule has 2 aromatic carbocycles. The van der Waals surface area contributed by atoms with Gasteiger partial charge >= 0.3 is 69.3 Å². The predicted octanol–water partition coefficient (Wildman–Crippen LogP) is -4.96. The van der Waals surface area contributed by atoms with E-state index < -0.39 is 55.5 Å². The molecule has 0 unspecified atom stereocenters. The van der Waals surface area contributed by atoms with Crippen molar-refractivity contribution in [2.24, 2.45) is 0 Å². The van der Waals surface area contributed by atoms with Crippen molar-refractivity contribution in [2.45, 2.75) is 28.9 Å². The maximum Gasteiger partial charge on any atom is 1.00 e. The summed E-state index contributed by atoms with van der Waals surface area (Å²) in [5, 5.41) is -0.845. The summed E-state index contributed by atoms with van der Waals surface area (Å²) in [6.45, 7) is 2.78. The number of nitrogens with one attached hydrogen (secondary N) is 2. The van der Waals surface area contributed by atoms with Gasteiger partial charge in [0.1, 0.15) is 20.2 Å². The second-order valence-electron chi connectivity index (χ2n) is 7.83. The van der Waals surface area contributed by atoms with Crippen LogP contribution in [0.2, 0.25) is 0 Å². The molecule has 0 saturated heterocycles. The van der Waals surface area contributed by atoms with E-state index in [0.717, 1.165) is 40.7 Å². The Bertz CT molecular complexity index is 1500. The van der Waals surface area contributed by atoms with E-state index in [-0.39, 0.29) is 81.6 Å². The number of rotatable bonds is 10. The fourth-order valence-corrected chi connectivity index (χ4v) is 5.30. The summed E-state index contributed by atoms with van der Waals surface area (Å²) in [5.41, 5.74) is -0.851. The van der Waals surface area contributed by atoms with Crippen LogP contribution in [-0.2, 0) is 40.5 Å². The molecule has 38 heavy (non-hydrogen) atoms. The minimum Gasteiger partial charge on any atom is -0.744 e. The van der Waals surface area contributed by atoms with Gasteiger partial charge in [0, 0.05) is 19.8 Å². The molecule has 0 bridgehead atoms. The van der Waals surface area contributed by atoms with Crippen molar-refractivity contribution in [3.8, 4) is 0 Å². The summed E-state index contributed by atoms with van der Waals surface area (Å²) in [5.74, 6) is 0. The Kier molecular flexibility index (Phi) is 13.7. The Balaban J connectivity index is 0.00000684. The number of hydrogen-bond donors (Lipinski definition) is 2. The molecule has 0 radical (unpaired) electrons. The smallest absolute Gasteiger partial charge is 0.744 e. The van der Waals surface area contributed by atoms with Crippen LogP contribution >= 0.6 is 0 Å². The van der Waals surface area contributed by atoms with Gasteiger partial charge in [0.05, 0.1) is 20.7 Å². The second kappa shape index (κ2) is 13.9. The van der Waals surface area contributed by atoms with Crippen LogP contribution in [0.5, 0.6) is 0 Å². The fraction of sp³-hybridized carbons (Fsp3) is 0.263. The Morgan fingerprint density at radius 2 is 1.08 bits per heavy atom. The normalized spacial score (nSPS) is 12.7. The average Bonchev–Trinajstić information content (AvgIpc) is 2.71. The maximum absolute atomic E-state index is 12.1. The predicted molar refractivity (Wildman–Crippen MR) is 132 cm³/mol. The Labute approximate surface area is 267 Å². The SMILES string of the molecule is CC(C)S(=O)(=O)Nc1ccc(C=Cc2ccc(NS(=O)(=O)N(C)C)cc2S(=O)(=O)[O-])c(S(=O)(=O)[O-])c1.[Na+].[Na+]. The van der Waals surface area contributed by atoms with Crippen LogP contribution in [-0.4, -0.2) is 66.4 Å². The molecule has 2 aromatic rings. The first-order chi connectivity index (χ1) is 16.2. The van der Waals surface area contributed by atoms with Crippen molar-refractivity contribution in [2.75, 3.05) is 23.5 Å². The Morgan fingerprint density at radius 3 is 1.39 bits per heavy atom. The molecule has 0 spiro atoms. The summed E-state index contributed by atoms with van der Waals surface area (Å²) in [6, 6.07) is 6.18. The van der Waals surface area contributed by atoms with E-state index in [2.05, 4.69) is 9.44 Å². The third kappa shape index (κ3) is 10.1. The van der Waals surface area contributed by atoms with Crippen LogP contribution in [0.1, 0.15) is 25.0 Å². The van der Waals surface area contributed by atoms with E-state index in [1.54, 1.807) is 0 Å². The second-order valence-corrected chi connectivity index (χ2v) is 14.6. The van der Waals surface area contributed by atoms with Crippen LogP contribution < -0.4 is 68.6 Å². The molecule has 2 rings (SSSR count). The van der Waals surface area contributed by atoms with Crippen molar-refractivity contribution in [1.82, 2.24) is 4.31 Å². The van der Waals surface area contributed by atoms with E-state index in [1.807, 2.05) is 0 Å². The Morgan fingerprint density at radius 1 is 0.711 bits per heavy atom. The van der Waals surface area contributed by atoms with Gasteiger partial charge in [-0.05, 0) is 49.2 Å². The van der Waals surface area contributed by atoms with E-state index in [0.29, 0.717) is 0 Å². The van der Waals surface area contributed by atoms with Crippen molar-refractivity contribution < 1.29 is 102 Å². The van der Waals surface area contributed by atoms with Gasteiger partial charge in [-0.1, -0.05) is 24.3 Å². The van der Waals surface area contributed by atoms with Gasteiger partial charge in [0.2, 0.25) is 10.0 Å². The van der Waals surface area contributed by atoms with Crippen LogP contribution in [0.3, 0.4) is 0 Å². The van der Waals surface area contributed by atoms with Crippen molar-refractivity contribution >= 4 is 64.0 Å². The van der Waals surface area contributed by atoms with Gasteiger partial charge in [0.15, 0.2) is 0 Å². The Hall–Kier alpha value is -0.540. The molecule has 0 atom stereocenters. The van der Waals surface area contributed by atoms with Crippen molar-refractivity contribution in [3.05, 3.63) is 47.5 Å². The number of anilines is 2. The molecule has 0 aromatic heterocycles. The van der Waals surface area contributed by atoms with Crippen molar-refractivity contribution in [1.29, 1.82) is 0 Å². The number of hydrogen-bond acceptors (Lipinski definition) is 10. The zero-order valence-corrected chi connectivity index (χ0v) is 28.6. The molecule has 0 amide bonds. The zero-order valence-electron chi connectivity index (χ0n) is 21.4. The molecule has 200 valence electrons. The number of sulfonamides is 1. The summed E-state index contributed by atoms with van der Waals surface area (Å²) < 4.78 is 124. The third-order valence-electron chi connectivity index (χ3n) is 4.62. The number of nitrogens with zero attached hydrogens (tertiary/aromatic N) is 1. The largest absolute Gasteiger partial charge is 1.00 e. The van der Waals surface area contributed by atoms with Crippen LogP contribution in [0.4, 0.5) is 11.4 Å². The van der Waals surface area contributed by atoms with E-state index in [4.69, 9.17) is 0 Å². The van der Waals surface area contributed by atoms with Crippen LogP contribution in [0.15, 0.2) is 46.2 Å². The minimum absolute atomic E-state index is 0. The van der Waals surface area contributed by atoms with Gasteiger partial charge in [-0.3, -0.25) is 9.44 Å². The maximum atomic E-state index is 12.1. The molecule has 0 aliphatic heterocycles. The summed E-state index contributed by atoms with van der Waals surface area (Å²) in [7, 11) is -15.6. The first-order valence-corrected chi connectivity index (χ1v) is 15.6. The summed E-state index contributed by atoms with van der Waals surface area (Å²) in [4.78, 5) is -1.62. The molecule has 0 heterocycles. The standard InChI is InChI=1S/C19H25N3O10S4.2Na/c1-13(2)33(23,24)20-16-9-7-14(18(11-16)34(25,26)27)5-6-15-8-10-17(12-19(15)35(28,29)30)21-36(31,32)22(3)4;;/h5-13,20-21H,1-4H3,(H,25,26,27)(H,28,29,30);;/q;2*+1/p-2. The first-order valence-electron chi connectivity index (χ1n) is 9.84. The van der Waals surface area contributed by atoms with E-state index >= 15 is 0 Å². The van der Waals surface area contributed by atoms with Gasteiger partial charge in [-0.25, -0.2) is 25.3 Å². The quantitative estimate of drug-likeness (QED) is 0.146. The minimum atomic E-state index is -5.12. The molecule has 19 heteroatoms. The summed E-state index contributed by atoms with van der Waals surface area (Å²) in [6.07, 6.45) is 2.08. The molecular weight excluding hydrogens is 604 g/mol. The molecule has 2 N–H and O–H groups in total. The molecule has 0 aliphatic carbocycles. The van der Waals surface area contributed by atoms with Gasteiger partial charge in [0.25, 0.3) is 0 Å². The summed E-state index contributed by atoms with van der Waals surface area (Å²) >= 11 is 0. The van der Waals surface area contributed by atoms with Gasteiger partial charge in [-0.15, -0.1) is 0 Å². The third-order valence-corrected chi connectivity index (χ3v) is 9.62. The van der Waals surface area contributed by atoms with E-state index in [9.17, 15) is 42.8 Å². The van der Waals surface area contributed by atoms with Gasteiger partial charge < -0.3 is 9.11 Å². The molecule has 13 nitrogen and oxygen atoms in total. The van der Waals surface area contributed by atoms with Gasteiger partial charge in [-0.2, -0.15) is 12.7 Å². The zero-order chi connectivity index (χ0) is 27.7.